The first kappa shape index (κ1) is 16.3. The van der Waals surface area contributed by atoms with Crippen molar-refractivity contribution in [1.82, 2.24) is 0 Å². The molecule has 0 saturated carbocycles. The van der Waals surface area contributed by atoms with E-state index in [9.17, 15) is 10.1 Å². The van der Waals surface area contributed by atoms with Crippen molar-refractivity contribution in [2.75, 3.05) is 5.32 Å². The number of carbonyl (C=O) groups is 1. The minimum Gasteiger partial charge on any atom is -0.316 e. The van der Waals surface area contributed by atoms with Crippen molar-refractivity contribution in [2.45, 2.75) is 32.1 Å². The molecule has 2 aromatic rings. The summed E-state index contributed by atoms with van der Waals surface area (Å²) in [7, 11) is 0. The lowest BCUT2D eigenvalue weighted by atomic mass is 9.96. The summed E-state index contributed by atoms with van der Waals surface area (Å²) in [6, 6.07) is 7.32. The van der Waals surface area contributed by atoms with Gasteiger partial charge in [-0.15, -0.1) is 11.3 Å². The average molecular weight is 365 g/mol. The first-order valence-electron chi connectivity index (χ1n) is 7.37. The van der Waals surface area contributed by atoms with Crippen LogP contribution in [0.2, 0.25) is 10.0 Å². The quantitative estimate of drug-likeness (QED) is 0.833. The van der Waals surface area contributed by atoms with Crippen molar-refractivity contribution in [3.63, 3.8) is 0 Å². The van der Waals surface area contributed by atoms with E-state index in [0.29, 0.717) is 26.2 Å². The maximum Gasteiger partial charge on any atom is 0.229 e. The molecule has 0 spiro atoms. The zero-order chi connectivity index (χ0) is 16.4. The molecule has 1 aromatic carbocycles. The number of nitriles is 1. The molecule has 1 amide bonds. The zero-order valence-electron chi connectivity index (χ0n) is 12.3. The average Bonchev–Trinajstić information content (AvgIpc) is 2.87. The van der Waals surface area contributed by atoms with Gasteiger partial charge in [0.2, 0.25) is 5.91 Å². The van der Waals surface area contributed by atoms with Crippen LogP contribution in [0.5, 0.6) is 0 Å². The first-order chi connectivity index (χ1) is 11.1. The van der Waals surface area contributed by atoms with Crippen LogP contribution in [0.25, 0.3) is 0 Å². The van der Waals surface area contributed by atoms with Gasteiger partial charge in [-0.2, -0.15) is 5.26 Å². The monoisotopic (exact) mass is 364 g/mol. The van der Waals surface area contributed by atoms with E-state index in [2.05, 4.69) is 11.4 Å². The molecule has 3 nitrogen and oxygen atoms in total. The summed E-state index contributed by atoms with van der Waals surface area (Å²) in [5.74, 6) is -0.177. The molecule has 6 heteroatoms. The topological polar surface area (TPSA) is 52.9 Å². The fourth-order valence-electron chi connectivity index (χ4n) is 2.78. The van der Waals surface area contributed by atoms with Crippen LogP contribution in [0.1, 0.15) is 34.4 Å². The number of rotatable bonds is 3. The number of hydrogen-bond acceptors (Lipinski definition) is 3. The highest BCUT2D eigenvalue weighted by Crippen LogP contribution is 2.37. The number of thiophene rings is 1. The van der Waals surface area contributed by atoms with Gasteiger partial charge in [0.05, 0.1) is 12.0 Å². The predicted octanol–water partition coefficient (Wildman–Crippen LogP) is 4.99. The van der Waals surface area contributed by atoms with E-state index in [-0.39, 0.29) is 12.3 Å². The number of halogens is 2. The molecule has 3 rings (SSSR count). The van der Waals surface area contributed by atoms with E-state index >= 15 is 0 Å². The summed E-state index contributed by atoms with van der Waals surface area (Å²) < 4.78 is 0. The van der Waals surface area contributed by atoms with Gasteiger partial charge in [-0.3, -0.25) is 4.79 Å². The predicted molar refractivity (Wildman–Crippen MR) is 94.5 cm³/mol. The SMILES string of the molecule is N#Cc1c(NC(=O)Cc2ccc(Cl)cc2Cl)sc2c1CCCC2. The largest absolute Gasteiger partial charge is 0.316 e. The lowest BCUT2D eigenvalue weighted by Gasteiger charge is -2.09. The second kappa shape index (κ2) is 6.92. The summed E-state index contributed by atoms with van der Waals surface area (Å²) in [6.07, 6.45) is 4.32. The van der Waals surface area contributed by atoms with Gasteiger partial charge in [0, 0.05) is 14.9 Å². The molecule has 1 heterocycles. The summed E-state index contributed by atoms with van der Waals surface area (Å²) >= 11 is 13.5. The van der Waals surface area contributed by atoms with Crippen molar-refractivity contribution in [3.8, 4) is 6.07 Å². The second-order valence-corrected chi connectivity index (χ2v) is 7.44. The van der Waals surface area contributed by atoms with Crippen LogP contribution >= 0.6 is 34.5 Å². The maximum atomic E-state index is 12.3. The third kappa shape index (κ3) is 3.53. The Bertz CT molecular complexity index is 808. The van der Waals surface area contributed by atoms with E-state index in [0.717, 1.165) is 31.2 Å². The summed E-state index contributed by atoms with van der Waals surface area (Å²) in [5, 5.41) is 14.0. The van der Waals surface area contributed by atoms with Gasteiger partial charge in [-0.05, 0) is 48.9 Å². The van der Waals surface area contributed by atoms with Crippen LogP contribution in [-0.2, 0) is 24.1 Å². The van der Waals surface area contributed by atoms with Crippen LogP contribution in [0.15, 0.2) is 18.2 Å². The Morgan fingerprint density at radius 3 is 2.83 bits per heavy atom. The first-order valence-corrected chi connectivity index (χ1v) is 8.94. The highest BCUT2D eigenvalue weighted by atomic mass is 35.5. The van der Waals surface area contributed by atoms with Crippen molar-refractivity contribution in [2.24, 2.45) is 0 Å². The number of nitrogens with zero attached hydrogens (tertiary/aromatic N) is 1. The van der Waals surface area contributed by atoms with E-state index in [1.807, 2.05) is 0 Å². The molecular weight excluding hydrogens is 351 g/mol. The molecule has 0 aliphatic heterocycles. The number of hydrogen-bond donors (Lipinski definition) is 1. The summed E-state index contributed by atoms with van der Waals surface area (Å²) in [4.78, 5) is 13.5. The third-order valence-corrected chi connectivity index (χ3v) is 5.70. The van der Waals surface area contributed by atoms with Crippen molar-refractivity contribution in [3.05, 3.63) is 49.8 Å². The smallest absolute Gasteiger partial charge is 0.229 e. The lowest BCUT2D eigenvalue weighted by molar-refractivity contribution is -0.115. The minimum absolute atomic E-state index is 0.156. The number of carbonyl (C=O) groups excluding carboxylic acids is 1. The number of benzene rings is 1. The van der Waals surface area contributed by atoms with E-state index in [1.54, 1.807) is 18.2 Å². The second-order valence-electron chi connectivity index (χ2n) is 5.49. The fourth-order valence-corrected chi connectivity index (χ4v) is 4.51. The molecule has 0 bridgehead atoms. The molecule has 1 N–H and O–H groups in total. The number of amides is 1. The van der Waals surface area contributed by atoms with Gasteiger partial charge in [-0.25, -0.2) is 0 Å². The fraction of sp³-hybridized carbons (Fsp3) is 0.294. The molecule has 1 aliphatic carbocycles. The molecular formula is C17H14Cl2N2OS. The van der Waals surface area contributed by atoms with Crippen molar-refractivity contribution >= 4 is 45.4 Å². The Balaban J connectivity index is 1.78. The van der Waals surface area contributed by atoms with Gasteiger partial charge < -0.3 is 5.32 Å². The Hall–Kier alpha value is -1.54. The van der Waals surface area contributed by atoms with E-state index in [1.165, 1.54) is 16.2 Å². The molecule has 0 saturated heterocycles. The van der Waals surface area contributed by atoms with Crippen LogP contribution in [0.3, 0.4) is 0 Å². The van der Waals surface area contributed by atoms with Crippen molar-refractivity contribution in [1.29, 1.82) is 5.26 Å². The van der Waals surface area contributed by atoms with Crippen molar-refractivity contribution < 1.29 is 4.79 Å². The standard InChI is InChI=1S/C17H14Cl2N2OS/c18-11-6-5-10(14(19)8-11)7-16(22)21-17-13(9-20)12-3-1-2-4-15(12)23-17/h5-6,8H,1-4,7H2,(H,21,22). The Labute approximate surface area is 148 Å². The zero-order valence-corrected chi connectivity index (χ0v) is 14.6. The molecule has 23 heavy (non-hydrogen) atoms. The Morgan fingerprint density at radius 1 is 1.30 bits per heavy atom. The summed E-state index contributed by atoms with van der Waals surface area (Å²) in [5.41, 5.74) is 2.46. The summed E-state index contributed by atoms with van der Waals surface area (Å²) in [6.45, 7) is 0. The Morgan fingerprint density at radius 2 is 2.09 bits per heavy atom. The van der Waals surface area contributed by atoms with E-state index < -0.39 is 0 Å². The third-order valence-electron chi connectivity index (χ3n) is 3.90. The molecule has 0 radical (unpaired) electrons. The molecule has 1 aliphatic rings. The van der Waals surface area contributed by atoms with Crippen LogP contribution < -0.4 is 5.32 Å². The highest BCUT2D eigenvalue weighted by molar-refractivity contribution is 7.16. The van der Waals surface area contributed by atoms with Gasteiger partial charge in [0.1, 0.15) is 11.1 Å². The van der Waals surface area contributed by atoms with Gasteiger partial charge >= 0.3 is 0 Å². The number of nitrogens with one attached hydrogen (secondary N) is 1. The van der Waals surface area contributed by atoms with Gasteiger partial charge in [0.25, 0.3) is 0 Å². The minimum atomic E-state index is -0.177. The van der Waals surface area contributed by atoms with Crippen LogP contribution in [0.4, 0.5) is 5.00 Å². The number of anilines is 1. The molecule has 0 unspecified atom stereocenters. The lowest BCUT2D eigenvalue weighted by Crippen LogP contribution is -2.14. The van der Waals surface area contributed by atoms with E-state index in [4.69, 9.17) is 23.2 Å². The van der Waals surface area contributed by atoms with Crippen LogP contribution in [-0.4, -0.2) is 5.91 Å². The molecule has 0 fully saturated rings. The number of aryl methyl sites for hydroxylation is 1. The molecule has 118 valence electrons. The normalized spacial score (nSPS) is 13.3. The maximum absolute atomic E-state index is 12.3. The van der Waals surface area contributed by atoms with Crippen LogP contribution in [0, 0.1) is 11.3 Å². The molecule has 1 aromatic heterocycles. The number of fused-ring (bicyclic) bond motifs is 1. The Kier molecular flexibility index (Phi) is 4.91. The van der Waals surface area contributed by atoms with Gasteiger partial charge in [-0.1, -0.05) is 29.3 Å². The van der Waals surface area contributed by atoms with Gasteiger partial charge in [0.15, 0.2) is 0 Å². The highest BCUT2D eigenvalue weighted by Gasteiger charge is 2.22. The molecule has 0 atom stereocenters.